The summed E-state index contributed by atoms with van der Waals surface area (Å²) in [5, 5.41) is 3.22. The van der Waals surface area contributed by atoms with Crippen molar-refractivity contribution in [1.82, 2.24) is 5.43 Å². The Morgan fingerprint density at radius 1 is 2.00 bits per heavy atom. The number of nitrogens with two attached hydrogens (primary N) is 1. The molecule has 0 aromatic carbocycles. The molecule has 4 nitrogen and oxygen atoms in total. The van der Waals surface area contributed by atoms with Crippen molar-refractivity contribution in [2.45, 2.75) is 6.92 Å². The third-order valence-corrected chi connectivity index (χ3v) is 0.297. The molecule has 0 aromatic heterocycles. The summed E-state index contributed by atoms with van der Waals surface area (Å²) in [5.41, 5.74) is 6.87. The van der Waals surface area contributed by atoms with E-state index in [1.165, 1.54) is 6.92 Å². The lowest BCUT2D eigenvalue weighted by atomic mass is 10.8. The van der Waals surface area contributed by atoms with Crippen molar-refractivity contribution in [3.63, 3.8) is 0 Å². The van der Waals surface area contributed by atoms with E-state index in [0.717, 1.165) is 6.34 Å². The summed E-state index contributed by atoms with van der Waals surface area (Å²) >= 11 is 0. The summed E-state index contributed by atoms with van der Waals surface area (Å²) in [6, 6.07) is 0. The third-order valence-electron chi connectivity index (χ3n) is 0.297. The standard InChI is InChI=1S/C3H7N3O/c1-3(7)6-5-2-4/h2H,1H3,(H2,4,5)(H,6,7). The van der Waals surface area contributed by atoms with Gasteiger partial charge in [0, 0.05) is 6.92 Å². The van der Waals surface area contributed by atoms with Gasteiger partial charge in [-0.15, -0.1) is 0 Å². The molecule has 4 heteroatoms. The molecule has 0 aliphatic carbocycles. The van der Waals surface area contributed by atoms with E-state index >= 15 is 0 Å². The Bertz CT molecular complexity index is 88.2. The molecule has 0 unspecified atom stereocenters. The van der Waals surface area contributed by atoms with Crippen molar-refractivity contribution < 1.29 is 4.79 Å². The first kappa shape index (κ1) is 5.94. The summed E-state index contributed by atoms with van der Waals surface area (Å²) in [6.07, 6.45) is 1.02. The van der Waals surface area contributed by atoms with E-state index in [4.69, 9.17) is 5.73 Å². The molecule has 0 bridgehead atoms. The molecule has 0 saturated heterocycles. The Hall–Kier alpha value is -1.06. The molecule has 3 N–H and O–H groups in total. The Morgan fingerprint density at radius 2 is 2.57 bits per heavy atom. The molecule has 0 aliphatic rings. The van der Waals surface area contributed by atoms with Crippen LogP contribution in [0.1, 0.15) is 6.92 Å². The highest BCUT2D eigenvalue weighted by molar-refractivity contribution is 5.73. The zero-order valence-electron chi connectivity index (χ0n) is 4.01. The maximum absolute atomic E-state index is 9.92. The number of amides is 1. The molecule has 0 saturated carbocycles. The molecule has 0 spiro atoms. The molecule has 0 heterocycles. The van der Waals surface area contributed by atoms with Crippen molar-refractivity contribution in [3.8, 4) is 0 Å². The lowest BCUT2D eigenvalue weighted by molar-refractivity contribution is -0.118. The van der Waals surface area contributed by atoms with Gasteiger partial charge in [0.1, 0.15) is 6.34 Å². The number of hydrogen-bond acceptors (Lipinski definition) is 2. The SMILES string of the molecule is CC(=O)NN=CN. The van der Waals surface area contributed by atoms with Gasteiger partial charge < -0.3 is 5.73 Å². The molecule has 0 fully saturated rings. The zero-order valence-corrected chi connectivity index (χ0v) is 4.01. The van der Waals surface area contributed by atoms with Crippen LogP contribution in [-0.2, 0) is 4.79 Å². The Morgan fingerprint density at radius 3 is 2.71 bits per heavy atom. The number of rotatable bonds is 1. The van der Waals surface area contributed by atoms with Gasteiger partial charge >= 0.3 is 0 Å². The first-order valence-electron chi connectivity index (χ1n) is 1.77. The van der Waals surface area contributed by atoms with Crippen LogP contribution in [0.15, 0.2) is 5.10 Å². The van der Waals surface area contributed by atoms with Gasteiger partial charge in [0.05, 0.1) is 0 Å². The molecular formula is C3H7N3O. The highest BCUT2D eigenvalue weighted by Crippen LogP contribution is 1.54. The summed E-state index contributed by atoms with van der Waals surface area (Å²) in [4.78, 5) is 9.92. The van der Waals surface area contributed by atoms with Crippen LogP contribution in [0.5, 0.6) is 0 Å². The largest absolute Gasteiger partial charge is 0.388 e. The van der Waals surface area contributed by atoms with Gasteiger partial charge in [0.25, 0.3) is 0 Å². The van der Waals surface area contributed by atoms with Crippen molar-refractivity contribution in [1.29, 1.82) is 0 Å². The number of carbonyl (C=O) groups is 1. The highest BCUT2D eigenvalue weighted by Gasteiger charge is 1.78. The van der Waals surface area contributed by atoms with Crippen LogP contribution in [0.2, 0.25) is 0 Å². The summed E-state index contributed by atoms with van der Waals surface area (Å²) in [6.45, 7) is 1.35. The predicted molar refractivity (Wildman–Crippen MR) is 26.5 cm³/mol. The van der Waals surface area contributed by atoms with Crippen molar-refractivity contribution in [2.24, 2.45) is 10.8 Å². The summed E-state index contributed by atoms with van der Waals surface area (Å²) in [7, 11) is 0. The third kappa shape index (κ3) is 4.94. The molecule has 0 atom stereocenters. The quantitative estimate of drug-likeness (QED) is 0.253. The normalized spacial score (nSPS) is 9.29. The van der Waals surface area contributed by atoms with Crippen LogP contribution in [0.4, 0.5) is 0 Å². The molecular weight excluding hydrogens is 94.1 g/mol. The lowest BCUT2D eigenvalue weighted by Crippen LogP contribution is -2.13. The van der Waals surface area contributed by atoms with E-state index in [-0.39, 0.29) is 5.91 Å². The minimum absolute atomic E-state index is 0.221. The zero-order chi connectivity index (χ0) is 5.70. The lowest BCUT2D eigenvalue weighted by Gasteiger charge is -1.84. The van der Waals surface area contributed by atoms with Gasteiger partial charge in [-0.2, -0.15) is 5.10 Å². The minimum Gasteiger partial charge on any atom is -0.388 e. The van der Waals surface area contributed by atoms with Gasteiger partial charge in [-0.05, 0) is 0 Å². The second-order valence-electron chi connectivity index (χ2n) is 0.946. The number of nitrogens with one attached hydrogen (secondary N) is 1. The fraction of sp³-hybridized carbons (Fsp3) is 0.333. The van der Waals surface area contributed by atoms with Crippen LogP contribution in [0.3, 0.4) is 0 Å². The molecule has 0 radical (unpaired) electrons. The van der Waals surface area contributed by atoms with Crippen LogP contribution >= 0.6 is 0 Å². The molecule has 0 aromatic rings. The van der Waals surface area contributed by atoms with Crippen LogP contribution in [-0.4, -0.2) is 12.2 Å². The van der Waals surface area contributed by atoms with E-state index < -0.39 is 0 Å². The van der Waals surface area contributed by atoms with Gasteiger partial charge in [0.15, 0.2) is 0 Å². The van der Waals surface area contributed by atoms with E-state index in [0.29, 0.717) is 0 Å². The maximum Gasteiger partial charge on any atom is 0.236 e. The van der Waals surface area contributed by atoms with Crippen molar-refractivity contribution >= 4 is 12.2 Å². The van der Waals surface area contributed by atoms with Crippen LogP contribution in [0, 0.1) is 0 Å². The van der Waals surface area contributed by atoms with E-state index in [2.05, 4.69) is 10.5 Å². The monoisotopic (exact) mass is 101 g/mol. The molecule has 0 rings (SSSR count). The Labute approximate surface area is 41.4 Å². The second-order valence-corrected chi connectivity index (χ2v) is 0.946. The summed E-state index contributed by atoms with van der Waals surface area (Å²) in [5.74, 6) is -0.221. The van der Waals surface area contributed by atoms with Crippen molar-refractivity contribution in [3.05, 3.63) is 0 Å². The minimum atomic E-state index is -0.221. The number of hydrogen-bond donors (Lipinski definition) is 2. The fourth-order valence-electron chi connectivity index (χ4n) is 0.128. The molecule has 0 aliphatic heterocycles. The Kier molecular flexibility index (Phi) is 2.67. The number of hydrazone groups is 1. The van der Waals surface area contributed by atoms with Crippen LogP contribution < -0.4 is 11.2 Å². The highest BCUT2D eigenvalue weighted by atomic mass is 16.2. The average molecular weight is 101 g/mol. The average Bonchev–Trinajstić information content (AvgIpc) is 1.61. The van der Waals surface area contributed by atoms with Gasteiger partial charge in [0.2, 0.25) is 5.91 Å². The number of nitrogens with zero attached hydrogens (tertiary/aromatic N) is 1. The van der Waals surface area contributed by atoms with Crippen molar-refractivity contribution in [2.75, 3.05) is 0 Å². The van der Waals surface area contributed by atoms with E-state index in [1.54, 1.807) is 0 Å². The Balaban J connectivity index is 3.14. The van der Waals surface area contributed by atoms with E-state index in [1.807, 2.05) is 0 Å². The predicted octanol–water partition coefficient (Wildman–Crippen LogP) is -0.976. The molecule has 7 heavy (non-hydrogen) atoms. The van der Waals surface area contributed by atoms with Crippen LogP contribution in [0.25, 0.3) is 0 Å². The van der Waals surface area contributed by atoms with Gasteiger partial charge in [-0.25, -0.2) is 5.43 Å². The first-order valence-corrected chi connectivity index (χ1v) is 1.77. The first-order chi connectivity index (χ1) is 3.27. The fourth-order valence-corrected chi connectivity index (χ4v) is 0.128. The topological polar surface area (TPSA) is 67.5 Å². The van der Waals surface area contributed by atoms with Gasteiger partial charge in [-0.3, -0.25) is 4.79 Å². The summed E-state index contributed by atoms with van der Waals surface area (Å²) < 4.78 is 0. The maximum atomic E-state index is 9.92. The number of carbonyl (C=O) groups excluding carboxylic acids is 1. The smallest absolute Gasteiger partial charge is 0.236 e. The molecule has 40 valence electrons. The second kappa shape index (κ2) is 3.14. The molecule has 1 amide bonds. The van der Waals surface area contributed by atoms with Gasteiger partial charge in [-0.1, -0.05) is 0 Å². The van der Waals surface area contributed by atoms with E-state index in [9.17, 15) is 4.79 Å².